The van der Waals surface area contributed by atoms with Gasteiger partial charge in [0.15, 0.2) is 0 Å². The summed E-state index contributed by atoms with van der Waals surface area (Å²) in [5.74, 6) is 0.108. The van der Waals surface area contributed by atoms with E-state index in [1.54, 1.807) is 23.2 Å². The summed E-state index contributed by atoms with van der Waals surface area (Å²) in [5.41, 5.74) is 0. The number of rotatable bonds is 4. The Hall–Kier alpha value is -1.36. The molecule has 2 rings (SSSR count). The molecule has 1 fully saturated rings. The predicted octanol–water partition coefficient (Wildman–Crippen LogP) is 1.66. The van der Waals surface area contributed by atoms with Gasteiger partial charge in [-0.3, -0.25) is 9.59 Å². The van der Waals surface area contributed by atoms with E-state index in [0.29, 0.717) is 6.54 Å². The Morgan fingerprint density at radius 2 is 2.16 bits per heavy atom. The first-order valence-corrected chi connectivity index (χ1v) is 7.52. The van der Waals surface area contributed by atoms with Crippen LogP contribution in [0.3, 0.4) is 0 Å². The highest BCUT2D eigenvalue weighted by atomic mass is 32.1. The molecule has 0 bridgehead atoms. The van der Waals surface area contributed by atoms with Crippen LogP contribution in [-0.2, 0) is 16.0 Å². The summed E-state index contributed by atoms with van der Waals surface area (Å²) in [6.45, 7) is 6.31. The summed E-state index contributed by atoms with van der Waals surface area (Å²) in [7, 11) is 0. The number of amides is 2. The molecule has 4 nitrogen and oxygen atoms in total. The van der Waals surface area contributed by atoms with Gasteiger partial charge in [0.25, 0.3) is 0 Å². The minimum absolute atomic E-state index is 0.0404. The number of carbonyl (C=O) groups excluding carboxylic acids is 2. The fourth-order valence-electron chi connectivity index (χ4n) is 2.29. The maximum Gasteiger partial charge on any atom is 0.246 e. The van der Waals surface area contributed by atoms with Gasteiger partial charge in [0.1, 0.15) is 12.1 Å². The molecule has 0 aliphatic carbocycles. The number of hydrogen-bond acceptors (Lipinski definition) is 3. The Morgan fingerprint density at radius 3 is 2.74 bits per heavy atom. The Kier molecular flexibility index (Phi) is 4.24. The fraction of sp³-hybridized carbons (Fsp3) is 0.571. The predicted molar refractivity (Wildman–Crippen MR) is 76.0 cm³/mol. The second-order valence-corrected chi connectivity index (χ2v) is 6.30. The van der Waals surface area contributed by atoms with E-state index in [9.17, 15) is 9.59 Å². The van der Waals surface area contributed by atoms with E-state index in [1.807, 2.05) is 25.3 Å². The second-order valence-electron chi connectivity index (χ2n) is 5.27. The van der Waals surface area contributed by atoms with E-state index in [4.69, 9.17) is 0 Å². The van der Waals surface area contributed by atoms with Gasteiger partial charge in [-0.2, -0.15) is 0 Å². The minimum atomic E-state index is -0.382. The van der Waals surface area contributed by atoms with Gasteiger partial charge < -0.3 is 10.2 Å². The van der Waals surface area contributed by atoms with Crippen LogP contribution in [0.5, 0.6) is 0 Å². The maximum atomic E-state index is 12.4. The van der Waals surface area contributed by atoms with Crippen LogP contribution in [-0.4, -0.2) is 35.3 Å². The van der Waals surface area contributed by atoms with Gasteiger partial charge in [0.05, 0.1) is 0 Å². The molecule has 1 aliphatic heterocycles. The topological polar surface area (TPSA) is 49.4 Å². The molecule has 2 atom stereocenters. The molecule has 1 aromatic heterocycles. The SMILES string of the molecule is CC(C)C1NC(=O)C(C)N(CCc2cccs2)C1=O. The zero-order valence-corrected chi connectivity index (χ0v) is 12.4. The minimum Gasteiger partial charge on any atom is -0.342 e. The summed E-state index contributed by atoms with van der Waals surface area (Å²) in [6.07, 6.45) is 0.811. The highest BCUT2D eigenvalue weighted by molar-refractivity contribution is 7.09. The number of piperazine rings is 1. The van der Waals surface area contributed by atoms with E-state index < -0.39 is 0 Å². The molecule has 0 aromatic carbocycles. The number of thiophene rings is 1. The van der Waals surface area contributed by atoms with Gasteiger partial charge in [0.2, 0.25) is 11.8 Å². The van der Waals surface area contributed by atoms with Gasteiger partial charge in [-0.15, -0.1) is 11.3 Å². The van der Waals surface area contributed by atoms with Crippen LogP contribution in [0.25, 0.3) is 0 Å². The van der Waals surface area contributed by atoms with Crippen LogP contribution in [0, 0.1) is 5.92 Å². The lowest BCUT2D eigenvalue weighted by Crippen LogP contribution is -2.64. The van der Waals surface area contributed by atoms with Crippen molar-refractivity contribution in [2.75, 3.05) is 6.54 Å². The quantitative estimate of drug-likeness (QED) is 0.912. The van der Waals surface area contributed by atoms with Crippen molar-refractivity contribution in [1.82, 2.24) is 10.2 Å². The summed E-state index contributed by atoms with van der Waals surface area (Å²) < 4.78 is 0. The third-order valence-electron chi connectivity index (χ3n) is 3.54. The van der Waals surface area contributed by atoms with Crippen LogP contribution < -0.4 is 5.32 Å². The molecular formula is C14H20N2O2S. The first kappa shape index (κ1) is 14.1. The van der Waals surface area contributed by atoms with Crippen molar-refractivity contribution < 1.29 is 9.59 Å². The number of hydrogen-bond donors (Lipinski definition) is 1. The molecular weight excluding hydrogens is 260 g/mol. The molecule has 1 aliphatic rings. The van der Waals surface area contributed by atoms with E-state index >= 15 is 0 Å². The Labute approximate surface area is 117 Å². The Bertz CT molecular complexity index is 456. The average molecular weight is 280 g/mol. The Balaban J connectivity index is 2.07. The highest BCUT2D eigenvalue weighted by Crippen LogP contribution is 2.17. The smallest absolute Gasteiger partial charge is 0.246 e. The van der Waals surface area contributed by atoms with Crippen molar-refractivity contribution in [3.05, 3.63) is 22.4 Å². The normalized spacial score (nSPS) is 23.9. The van der Waals surface area contributed by atoms with Crippen molar-refractivity contribution in [3.8, 4) is 0 Å². The van der Waals surface area contributed by atoms with Crippen LogP contribution in [0.2, 0.25) is 0 Å². The summed E-state index contributed by atoms with van der Waals surface area (Å²) in [4.78, 5) is 27.3. The van der Waals surface area contributed by atoms with Crippen LogP contribution >= 0.6 is 11.3 Å². The molecule has 0 saturated carbocycles. The molecule has 2 unspecified atom stereocenters. The largest absolute Gasteiger partial charge is 0.342 e. The zero-order chi connectivity index (χ0) is 14.0. The van der Waals surface area contributed by atoms with Crippen molar-refractivity contribution in [2.45, 2.75) is 39.3 Å². The molecule has 19 heavy (non-hydrogen) atoms. The monoisotopic (exact) mass is 280 g/mol. The van der Waals surface area contributed by atoms with Crippen molar-refractivity contribution in [2.24, 2.45) is 5.92 Å². The zero-order valence-electron chi connectivity index (χ0n) is 11.6. The first-order valence-electron chi connectivity index (χ1n) is 6.64. The van der Waals surface area contributed by atoms with Gasteiger partial charge in [0, 0.05) is 11.4 Å². The molecule has 1 N–H and O–H groups in total. The fourth-order valence-corrected chi connectivity index (χ4v) is 2.99. The van der Waals surface area contributed by atoms with Crippen LogP contribution in [0.4, 0.5) is 0 Å². The molecule has 2 amide bonds. The van der Waals surface area contributed by atoms with Crippen molar-refractivity contribution in [3.63, 3.8) is 0 Å². The molecule has 1 saturated heterocycles. The summed E-state index contributed by atoms with van der Waals surface area (Å²) in [5, 5.41) is 4.84. The lowest BCUT2D eigenvalue weighted by molar-refractivity contribution is -0.149. The molecule has 0 spiro atoms. The van der Waals surface area contributed by atoms with Gasteiger partial charge in [-0.05, 0) is 30.7 Å². The second kappa shape index (κ2) is 5.74. The molecule has 1 aromatic rings. The lowest BCUT2D eigenvalue weighted by Gasteiger charge is -2.38. The average Bonchev–Trinajstić information content (AvgIpc) is 2.86. The number of nitrogens with one attached hydrogen (secondary N) is 1. The molecule has 104 valence electrons. The van der Waals surface area contributed by atoms with E-state index in [0.717, 1.165) is 6.42 Å². The lowest BCUT2D eigenvalue weighted by atomic mass is 9.98. The summed E-state index contributed by atoms with van der Waals surface area (Å²) in [6, 6.07) is 3.31. The number of nitrogens with zero attached hydrogens (tertiary/aromatic N) is 1. The van der Waals surface area contributed by atoms with Crippen molar-refractivity contribution in [1.29, 1.82) is 0 Å². The standard InChI is InChI=1S/C14H20N2O2S/c1-9(2)12-14(18)16(10(3)13(17)15-12)7-6-11-5-4-8-19-11/h4-5,8-10,12H,6-7H2,1-3H3,(H,15,17). The van der Waals surface area contributed by atoms with Crippen molar-refractivity contribution >= 4 is 23.2 Å². The maximum absolute atomic E-state index is 12.4. The van der Waals surface area contributed by atoms with Crippen LogP contribution in [0.15, 0.2) is 17.5 Å². The number of carbonyl (C=O) groups is 2. The van der Waals surface area contributed by atoms with Gasteiger partial charge in [-0.1, -0.05) is 19.9 Å². The molecule has 2 heterocycles. The highest BCUT2D eigenvalue weighted by Gasteiger charge is 2.38. The van der Waals surface area contributed by atoms with E-state index in [-0.39, 0.29) is 29.8 Å². The van der Waals surface area contributed by atoms with Crippen LogP contribution in [0.1, 0.15) is 25.6 Å². The van der Waals surface area contributed by atoms with E-state index in [2.05, 4.69) is 11.4 Å². The summed E-state index contributed by atoms with van der Waals surface area (Å²) >= 11 is 1.68. The molecule has 0 radical (unpaired) electrons. The third-order valence-corrected chi connectivity index (χ3v) is 4.48. The molecule has 5 heteroatoms. The Morgan fingerprint density at radius 1 is 1.42 bits per heavy atom. The van der Waals surface area contributed by atoms with Gasteiger partial charge >= 0.3 is 0 Å². The third kappa shape index (κ3) is 2.97. The van der Waals surface area contributed by atoms with Gasteiger partial charge in [-0.25, -0.2) is 0 Å². The first-order chi connectivity index (χ1) is 9.00. The van der Waals surface area contributed by atoms with E-state index in [1.165, 1.54) is 4.88 Å².